The molecule has 108 valence electrons. The van der Waals surface area contributed by atoms with Crippen LogP contribution >= 0.6 is 15.9 Å². The average Bonchev–Trinajstić information content (AvgIpc) is 3.07. The number of hydrogen-bond acceptors (Lipinski definition) is 4. The Morgan fingerprint density at radius 3 is 2.15 bits per heavy atom. The Kier molecular flexibility index (Phi) is 5.91. The van der Waals surface area contributed by atoms with Crippen LogP contribution in [0.25, 0.3) is 0 Å². The van der Waals surface area contributed by atoms with E-state index < -0.39 is 0 Å². The highest BCUT2D eigenvalue weighted by Gasteiger charge is 1.99. The third-order valence-electron chi connectivity index (χ3n) is 2.82. The summed E-state index contributed by atoms with van der Waals surface area (Å²) in [6.07, 6.45) is 10.8. The number of alkyl halides is 1. The van der Waals surface area contributed by atoms with Crippen LogP contribution in [0.5, 0.6) is 0 Å². The van der Waals surface area contributed by atoms with Crippen LogP contribution in [0.2, 0.25) is 0 Å². The smallest absolute Gasteiger partial charge is 0.124 e. The first-order chi connectivity index (χ1) is 9.81. The molecule has 20 heavy (non-hydrogen) atoms. The zero-order valence-electron chi connectivity index (χ0n) is 11.6. The molecule has 0 bridgehead atoms. The van der Waals surface area contributed by atoms with Gasteiger partial charge in [-0.15, -0.1) is 10.2 Å². The molecule has 0 spiro atoms. The Labute approximate surface area is 127 Å². The van der Waals surface area contributed by atoms with Gasteiger partial charge in [-0.2, -0.15) is 10.2 Å². The predicted molar refractivity (Wildman–Crippen MR) is 81.9 cm³/mol. The minimum absolute atomic E-state index is 0.754. The fourth-order valence-corrected chi connectivity index (χ4v) is 2.14. The maximum absolute atomic E-state index is 4.27. The molecule has 0 N–H and O–H groups in total. The van der Waals surface area contributed by atoms with Crippen LogP contribution in [0, 0.1) is 0 Å². The summed E-state index contributed by atoms with van der Waals surface area (Å²) >= 11 is 3.37. The van der Waals surface area contributed by atoms with Crippen LogP contribution in [0.1, 0.15) is 26.2 Å². The molecule has 6 nitrogen and oxygen atoms in total. The van der Waals surface area contributed by atoms with Gasteiger partial charge >= 0.3 is 0 Å². The zero-order valence-corrected chi connectivity index (χ0v) is 13.2. The number of rotatable bonds is 8. The molecule has 0 aliphatic rings. The third kappa shape index (κ3) is 4.56. The minimum Gasteiger partial charge on any atom is -0.270 e. The SMILES string of the molecule is CCCCCn1cc(/N=N/c2cnn(CCBr)c2)cn1. The van der Waals surface area contributed by atoms with Gasteiger partial charge in [0.15, 0.2) is 0 Å². The molecule has 0 unspecified atom stereocenters. The second-order valence-corrected chi connectivity index (χ2v) is 5.31. The highest BCUT2D eigenvalue weighted by atomic mass is 79.9. The summed E-state index contributed by atoms with van der Waals surface area (Å²) in [5.41, 5.74) is 1.53. The summed E-state index contributed by atoms with van der Waals surface area (Å²) in [7, 11) is 0. The van der Waals surface area contributed by atoms with Crippen molar-refractivity contribution in [3.63, 3.8) is 0 Å². The van der Waals surface area contributed by atoms with E-state index in [0.29, 0.717) is 0 Å². The first kappa shape index (κ1) is 14.9. The lowest BCUT2D eigenvalue weighted by Crippen LogP contribution is -1.97. The molecule has 2 aromatic rings. The highest BCUT2D eigenvalue weighted by molar-refractivity contribution is 9.09. The maximum atomic E-state index is 4.27. The second-order valence-electron chi connectivity index (χ2n) is 4.52. The Balaban J connectivity index is 1.89. The minimum atomic E-state index is 0.754. The Bertz CT molecular complexity index is 545. The van der Waals surface area contributed by atoms with Crippen molar-refractivity contribution < 1.29 is 0 Å². The molecule has 2 heterocycles. The first-order valence-corrected chi connectivity index (χ1v) is 7.96. The molecule has 0 aliphatic heterocycles. The predicted octanol–water partition coefficient (Wildman–Crippen LogP) is 4.08. The lowest BCUT2D eigenvalue weighted by molar-refractivity contribution is 0.553. The molecule has 0 atom stereocenters. The van der Waals surface area contributed by atoms with Crippen molar-refractivity contribution in [3.05, 3.63) is 24.8 Å². The third-order valence-corrected chi connectivity index (χ3v) is 3.18. The van der Waals surface area contributed by atoms with Gasteiger partial charge in [-0.25, -0.2) is 0 Å². The van der Waals surface area contributed by atoms with E-state index in [1.54, 1.807) is 12.4 Å². The highest BCUT2D eigenvalue weighted by Crippen LogP contribution is 2.17. The molecule has 0 fully saturated rings. The van der Waals surface area contributed by atoms with E-state index in [4.69, 9.17) is 0 Å². The normalized spacial score (nSPS) is 11.5. The van der Waals surface area contributed by atoms with Gasteiger partial charge in [0.1, 0.15) is 11.4 Å². The van der Waals surface area contributed by atoms with Crippen LogP contribution in [-0.2, 0) is 13.1 Å². The molecule has 0 aliphatic carbocycles. The van der Waals surface area contributed by atoms with Crippen molar-refractivity contribution in [1.82, 2.24) is 19.6 Å². The Morgan fingerprint density at radius 1 is 1.00 bits per heavy atom. The largest absolute Gasteiger partial charge is 0.270 e. The maximum Gasteiger partial charge on any atom is 0.124 e. The zero-order chi connectivity index (χ0) is 14.2. The van der Waals surface area contributed by atoms with Gasteiger partial charge < -0.3 is 0 Å². The molecule has 0 saturated carbocycles. The number of hydrogen-bond donors (Lipinski definition) is 0. The van der Waals surface area contributed by atoms with Crippen molar-refractivity contribution in [1.29, 1.82) is 0 Å². The fourth-order valence-electron chi connectivity index (χ4n) is 1.78. The molecule has 0 aromatic carbocycles. The second kappa shape index (κ2) is 7.94. The van der Waals surface area contributed by atoms with Gasteiger partial charge in [0, 0.05) is 11.9 Å². The van der Waals surface area contributed by atoms with Crippen LogP contribution in [-0.4, -0.2) is 24.9 Å². The molecule has 0 saturated heterocycles. The van der Waals surface area contributed by atoms with Crippen molar-refractivity contribution in [2.45, 2.75) is 39.3 Å². The van der Waals surface area contributed by atoms with Crippen molar-refractivity contribution in [2.24, 2.45) is 10.2 Å². The number of aromatic nitrogens is 4. The van der Waals surface area contributed by atoms with Gasteiger partial charge in [-0.05, 0) is 6.42 Å². The number of nitrogens with zero attached hydrogens (tertiary/aromatic N) is 6. The number of unbranched alkanes of at least 4 members (excludes halogenated alkanes) is 2. The lowest BCUT2D eigenvalue weighted by atomic mass is 10.2. The number of aryl methyl sites for hydroxylation is 2. The van der Waals surface area contributed by atoms with Gasteiger partial charge in [0.05, 0.1) is 31.3 Å². The fraction of sp³-hybridized carbons (Fsp3) is 0.538. The van der Waals surface area contributed by atoms with E-state index in [-0.39, 0.29) is 0 Å². The Hall–Kier alpha value is -1.50. The van der Waals surface area contributed by atoms with Crippen LogP contribution < -0.4 is 0 Å². The quantitative estimate of drug-likeness (QED) is 0.413. The standard InChI is InChI=1S/C13H19BrN6/c1-2-3-4-6-19-10-12(8-15-19)17-18-13-9-16-20(11-13)7-5-14/h8-11H,2-7H2,1H3/b18-17+. The summed E-state index contributed by atoms with van der Waals surface area (Å²) in [4.78, 5) is 0. The van der Waals surface area contributed by atoms with E-state index in [9.17, 15) is 0 Å². The van der Waals surface area contributed by atoms with E-state index in [1.165, 1.54) is 12.8 Å². The summed E-state index contributed by atoms with van der Waals surface area (Å²) in [6, 6.07) is 0. The molecule has 7 heteroatoms. The van der Waals surface area contributed by atoms with Gasteiger partial charge in [-0.1, -0.05) is 35.7 Å². The monoisotopic (exact) mass is 338 g/mol. The van der Waals surface area contributed by atoms with Crippen molar-refractivity contribution in [2.75, 3.05) is 5.33 Å². The van der Waals surface area contributed by atoms with E-state index >= 15 is 0 Å². The first-order valence-electron chi connectivity index (χ1n) is 6.84. The van der Waals surface area contributed by atoms with Crippen LogP contribution in [0.3, 0.4) is 0 Å². The van der Waals surface area contributed by atoms with E-state index in [1.807, 2.05) is 21.8 Å². The van der Waals surface area contributed by atoms with E-state index in [2.05, 4.69) is 43.3 Å². The molecule has 0 amide bonds. The summed E-state index contributed by atoms with van der Waals surface area (Å²) < 4.78 is 3.75. The molecule has 2 rings (SSSR count). The van der Waals surface area contributed by atoms with Crippen molar-refractivity contribution in [3.8, 4) is 0 Å². The Morgan fingerprint density at radius 2 is 1.60 bits per heavy atom. The van der Waals surface area contributed by atoms with Gasteiger partial charge in [-0.3, -0.25) is 9.36 Å². The summed E-state index contributed by atoms with van der Waals surface area (Å²) in [5.74, 6) is 0. The van der Waals surface area contributed by atoms with Crippen molar-refractivity contribution >= 4 is 27.3 Å². The van der Waals surface area contributed by atoms with Crippen LogP contribution in [0.15, 0.2) is 35.0 Å². The van der Waals surface area contributed by atoms with Gasteiger partial charge in [0.2, 0.25) is 0 Å². The summed E-state index contributed by atoms with van der Waals surface area (Å²) in [6.45, 7) is 3.95. The molecular formula is C13H19BrN6. The van der Waals surface area contributed by atoms with E-state index in [0.717, 1.165) is 36.2 Å². The number of halogens is 1. The topological polar surface area (TPSA) is 60.4 Å². The summed E-state index contributed by atoms with van der Waals surface area (Å²) in [5, 5.41) is 17.7. The molecular weight excluding hydrogens is 320 g/mol. The average molecular weight is 339 g/mol. The number of azo groups is 1. The lowest BCUT2D eigenvalue weighted by Gasteiger charge is -1.98. The van der Waals surface area contributed by atoms with Gasteiger partial charge in [0.25, 0.3) is 0 Å². The molecule has 0 radical (unpaired) electrons. The molecule has 2 aromatic heterocycles. The van der Waals surface area contributed by atoms with Crippen LogP contribution in [0.4, 0.5) is 11.4 Å².